The number of carbonyl (C=O) groups excluding carboxylic acids is 1. The summed E-state index contributed by atoms with van der Waals surface area (Å²) in [7, 11) is 1.64. The molecule has 1 aliphatic rings. The Bertz CT molecular complexity index is 1240. The second-order valence-electron chi connectivity index (χ2n) is 7.23. The number of anilines is 1. The molecule has 0 saturated carbocycles. The van der Waals surface area contributed by atoms with Crippen molar-refractivity contribution in [3.63, 3.8) is 0 Å². The van der Waals surface area contributed by atoms with Gasteiger partial charge in [-0.1, -0.05) is 59.3 Å². The first-order valence-corrected chi connectivity index (χ1v) is 11.0. The number of fused-ring (bicyclic) bond motifs is 2. The van der Waals surface area contributed by atoms with Gasteiger partial charge in [0.05, 0.1) is 16.8 Å². The fourth-order valence-electron chi connectivity index (χ4n) is 3.92. The molecule has 3 aromatic carbocycles. The minimum absolute atomic E-state index is 0.0838. The van der Waals surface area contributed by atoms with E-state index in [1.807, 2.05) is 59.5 Å². The Morgan fingerprint density at radius 2 is 1.80 bits per heavy atom. The highest BCUT2D eigenvalue weighted by atomic mass is 35.5. The molecule has 2 heterocycles. The summed E-state index contributed by atoms with van der Waals surface area (Å²) < 4.78 is 6.36. The SMILES string of the molecule is COc1ccc(Cl)c2sc(N3CCN(C(=O)c4cccc5ccccc45)CC3)nc12. The summed E-state index contributed by atoms with van der Waals surface area (Å²) in [6.07, 6.45) is 0. The molecule has 0 aliphatic carbocycles. The number of piperazine rings is 1. The lowest BCUT2D eigenvalue weighted by Crippen LogP contribution is -2.48. The first-order valence-electron chi connectivity index (χ1n) is 9.81. The number of methoxy groups -OCH3 is 1. The topological polar surface area (TPSA) is 45.7 Å². The molecule has 0 unspecified atom stereocenters. The average molecular weight is 438 g/mol. The number of amides is 1. The van der Waals surface area contributed by atoms with E-state index >= 15 is 0 Å². The van der Waals surface area contributed by atoms with Gasteiger partial charge in [0.1, 0.15) is 11.3 Å². The number of ether oxygens (including phenoxy) is 1. The first kappa shape index (κ1) is 19.2. The van der Waals surface area contributed by atoms with Crippen LogP contribution < -0.4 is 9.64 Å². The second-order valence-corrected chi connectivity index (χ2v) is 8.61. The normalized spacial score (nSPS) is 14.5. The number of carbonyl (C=O) groups is 1. The predicted molar refractivity (Wildman–Crippen MR) is 123 cm³/mol. The molecule has 4 aromatic rings. The zero-order valence-corrected chi connectivity index (χ0v) is 18.0. The molecular weight excluding hydrogens is 418 g/mol. The maximum absolute atomic E-state index is 13.2. The largest absolute Gasteiger partial charge is 0.494 e. The van der Waals surface area contributed by atoms with Crippen LogP contribution in [0.5, 0.6) is 5.75 Å². The van der Waals surface area contributed by atoms with Crippen LogP contribution in [0, 0.1) is 0 Å². The summed E-state index contributed by atoms with van der Waals surface area (Å²) in [6, 6.07) is 17.6. The van der Waals surface area contributed by atoms with Crippen LogP contribution in [0.25, 0.3) is 21.0 Å². The summed E-state index contributed by atoms with van der Waals surface area (Å²) >= 11 is 7.93. The molecule has 30 heavy (non-hydrogen) atoms. The molecule has 1 fully saturated rings. The van der Waals surface area contributed by atoms with Crippen LogP contribution in [0.4, 0.5) is 5.13 Å². The average Bonchev–Trinajstić information content (AvgIpc) is 3.25. The highest BCUT2D eigenvalue weighted by molar-refractivity contribution is 7.22. The summed E-state index contributed by atoms with van der Waals surface area (Å²) in [5.41, 5.74) is 1.55. The number of aromatic nitrogens is 1. The third-order valence-corrected chi connectivity index (χ3v) is 7.10. The van der Waals surface area contributed by atoms with E-state index in [4.69, 9.17) is 21.3 Å². The van der Waals surface area contributed by atoms with Gasteiger partial charge in [-0.05, 0) is 29.0 Å². The Kier molecular flexibility index (Phi) is 4.97. The van der Waals surface area contributed by atoms with Crippen LogP contribution in [0.1, 0.15) is 10.4 Å². The molecule has 7 heteroatoms. The van der Waals surface area contributed by atoms with Gasteiger partial charge in [-0.25, -0.2) is 4.98 Å². The lowest BCUT2D eigenvalue weighted by Gasteiger charge is -2.34. The highest BCUT2D eigenvalue weighted by Gasteiger charge is 2.25. The van der Waals surface area contributed by atoms with Crippen LogP contribution in [0.3, 0.4) is 0 Å². The van der Waals surface area contributed by atoms with Gasteiger partial charge in [-0.2, -0.15) is 0 Å². The number of benzene rings is 3. The van der Waals surface area contributed by atoms with Gasteiger partial charge in [0.15, 0.2) is 5.13 Å². The van der Waals surface area contributed by atoms with Crippen molar-refractivity contribution in [2.45, 2.75) is 0 Å². The number of thiazole rings is 1. The maximum Gasteiger partial charge on any atom is 0.254 e. The summed E-state index contributed by atoms with van der Waals surface area (Å²) in [6.45, 7) is 2.78. The Labute approximate surface area is 183 Å². The minimum Gasteiger partial charge on any atom is -0.494 e. The summed E-state index contributed by atoms with van der Waals surface area (Å²) in [4.78, 5) is 22.1. The van der Waals surface area contributed by atoms with Crippen LogP contribution in [0.2, 0.25) is 5.02 Å². The Hall–Kier alpha value is -2.83. The van der Waals surface area contributed by atoms with E-state index in [-0.39, 0.29) is 5.91 Å². The molecule has 1 amide bonds. The molecule has 0 N–H and O–H groups in total. The lowest BCUT2D eigenvalue weighted by molar-refractivity contribution is 0.0749. The van der Waals surface area contributed by atoms with Gasteiger partial charge in [-0.3, -0.25) is 4.79 Å². The monoisotopic (exact) mass is 437 g/mol. The number of rotatable bonds is 3. The summed E-state index contributed by atoms with van der Waals surface area (Å²) in [5.74, 6) is 0.808. The molecule has 1 aromatic heterocycles. The minimum atomic E-state index is 0.0838. The molecule has 0 radical (unpaired) electrons. The van der Waals surface area contributed by atoms with Crippen molar-refractivity contribution in [2.75, 3.05) is 38.2 Å². The number of nitrogens with zero attached hydrogens (tertiary/aromatic N) is 3. The Morgan fingerprint density at radius 3 is 2.60 bits per heavy atom. The fourth-order valence-corrected chi connectivity index (χ4v) is 5.23. The molecule has 5 nitrogen and oxygen atoms in total. The van der Waals surface area contributed by atoms with E-state index in [0.717, 1.165) is 50.5 Å². The van der Waals surface area contributed by atoms with E-state index in [9.17, 15) is 4.79 Å². The van der Waals surface area contributed by atoms with Crippen LogP contribution in [-0.4, -0.2) is 49.1 Å². The lowest BCUT2D eigenvalue weighted by atomic mass is 10.0. The maximum atomic E-state index is 13.2. The van der Waals surface area contributed by atoms with Crippen LogP contribution in [0.15, 0.2) is 54.6 Å². The van der Waals surface area contributed by atoms with Gasteiger partial charge >= 0.3 is 0 Å². The highest BCUT2D eigenvalue weighted by Crippen LogP contribution is 2.38. The number of hydrogen-bond donors (Lipinski definition) is 0. The Morgan fingerprint density at radius 1 is 1.03 bits per heavy atom. The standard InChI is InChI=1S/C23H20ClN3O2S/c1-29-19-10-9-18(24)21-20(19)25-23(30-21)27-13-11-26(12-14-27)22(28)17-8-4-6-15-5-2-3-7-16(15)17/h2-10H,11-14H2,1H3. The van der Waals surface area contributed by atoms with Crippen LogP contribution in [-0.2, 0) is 0 Å². The van der Waals surface area contributed by atoms with Gasteiger partial charge in [-0.15, -0.1) is 0 Å². The van der Waals surface area contributed by atoms with E-state index in [0.29, 0.717) is 18.1 Å². The fraction of sp³-hybridized carbons (Fsp3) is 0.217. The van der Waals surface area contributed by atoms with Crippen molar-refractivity contribution >= 4 is 55.0 Å². The second kappa shape index (κ2) is 7.78. The molecule has 5 rings (SSSR count). The van der Waals surface area contributed by atoms with Crippen molar-refractivity contribution in [3.8, 4) is 5.75 Å². The van der Waals surface area contributed by atoms with Gasteiger partial charge in [0, 0.05) is 31.7 Å². The first-order chi connectivity index (χ1) is 14.7. The molecule has 0 spiro atoms. The van der Waals surface area contributed by atoms with Crippen molar-refractivity contribution in [2.24, 2.45) is 0 Å². The van der Waals surface area contributed by atoms with Crippen molar-refractivity contribution in [1.82, 2.24) is 9.88 Å². The van der Waals surface area contributed by atoms with E-state index < -0.39 is 0 Å². The predicted octanol–water partition coefficient (Wildman–Crippen LogP) is 5.07. The Balaban J connectivity index is 1.36. The summed E-state index contributed by atoms with van der Waals surface area (Å²) in [5, 5.41) is 3.68. The molecule has 0 atom stereocenters. The van der Waals surface area contributed by atoms with E-state index in [1.165, 1.54) is 0 Å². The quantitative estimate of drug-likeness (QED) is 0.448. The number of halogens is 1. The van der Waals surface area contributed by atoms with Crippen LogP contribution >= 0.6 is 22.9 Å². The van der Waals surface area contributed by atoms with Crippen molar-refractivity contribution < 1.29 is 9.53 Å². The zero-order valence-electron chi connectivity index (χ0n) is 16.5. The van der Waals surface area contributed by atoms with E-state index in [2.05, 4.69) is 4.90 Å². The third kappa shape index (κ3) is 3.26. The molecular formula is C23H20ClN3O2S. The number of hydrogen-bond acceptors (Lipinski definition) is 5. The molecule has 1 aliphatic heterocycles. The molecule has 1 saturated heterocycles. The smallest absolute Gasteiger partial charge is 0.254 e. The van der Waals surface area contributed by atoms with Crippen molar-refractivity contribution in [3.05, 3.63) is 65.2 Å². The third-order valence-electron chi connectivity index (χ3n) is 5.52. The van der Waals surface area contributed by atoms with Crippen molar-refractivity contribution in [1.29, 1.82) is 0 Å². The molecule has 0 bridgehead atoms. The van der Waals surface area contributed by atoms with Gasteiger partial charge < -0.3 is 14.5 Å². The molecule has 152 valence electrons. The van der Waals surface area contributed by atoms with Gasteiger partial charge in [0.25, 0.3) is 5.91 Å². The zero-order chi connectivity index (χ0) is 20.7. The van der Waals surface area contributed by atoms with Gasteiger partial charge in [0.2, 0.25) is 0 Å². The van der Waals surface area contributed by atoms with E-state index in [1.54, 1.807) is 18.4 Å².